The lowest BCUT2D eigenvalue weighted by atomic mass is 10.0. The molecule has 1 atom stereocenters. The van der Waals surface area contributed by atoms with E-state index in [0.29, 0.717) is 22.9 Å². The molecule has 0 spiro atoms. The molecule has 1 fully saturated rings. The van der Waals surface area contributed by atoms with Crippen LogP contribution in [0.3, 0.4) is 0 Å². The van der Waals surface area contributed by atoms with Crippen LogP contribution in [-0.4, -0.2) is 42.5 Å². The lowest BCUT2D eigenvalue weighted by molar-refractivity contribution is -0.143. The zero-order valence-corrected chi connectivity index (χ0v) is 21.8. The predicted octanol–water partition coefficient (Wildman–Crippen LogP) is 5.43. The third-order valence-corrected chi connectivity index (χ3v) is 6.96. The molecule has 7 heteroatoms. The van der Waals surface area contributed by atoms with Gasteiger partial charge >= 0.3 is 0 Å². The van der Waals surface area contributed by atoms with Crippen molar-refractivity contribution in [2.75, 3.05) is 13.7 Å². The Labute approximate surface area is 223 Å². The summed E-state index contributed by atoms with van der Waals surface area (Å²) >= 11 is 6.24. The van der Waals surface area contributed by atoms with Gasteiger partial charge in [-0.2, -0.15) is 0 Å². The molecule has 3 aromatic carbocycles. The van der Waals surface area contributed by atoms with Gasteiger partial charge in [-0.1, -0.05) is 79.0 Å². The Morgan fingerprint density at radius 1 is 0.973 bits per heavy atom. The number of halogens is 1. The standard InChI is InChI=1S/C30H33ClN2O4/c1-36-25-15-9-12-23(18-25)20-33(29(34)21-37-28-17-8-7-16-26(28)31)27(19-22-10-3-2-4-11-22)30(35)32-24-13-5-6-14-24/h2-4,7-12,15-18,24,27H,5-6,13-14,19-21H2,1H3,(H,32,35)/t27-/m1/s1. The number of carbonyl (C=O) groups excluding carboxylic acids is 2. The maximum absolute atomic E-state index is 13.7. The van der Waals surface area contributed by atoms with E-state index in [4.69, 9.17) is 21.1 Å². The second-order valence-electron chi connectivity index (χ2n) is 9.29. The summed E-state index contributed by atoms with van der Waals surface area (Å²) in [5.41, 5.74) is 1.83. The minimum Gasteiger partial charge on any atom is -0.497 e. The van der Waals surface area contributed by atoms with Crippen molar-refractivity contribution >= 4 is 23.4 Å². The van der Waals surface area contributed by atoms with Crippen molar-refractivity contribution in [1.82, 2.24) is 10.2 Å². The highest BCUT2D eigenvalue weighted by molar-refractivity contribution is 6.32. The summed E-state index contributed by atoms with van der Waals surface area (Å²) in [5, 5.41) is 3.63. The van der Waals surface area contributed by atoms with Crippen molar-refractivity contribution in [3.63, 3.8) is 0 Å². The van der Waals surface area contributed by atoms with Crippen LogP contribution in [0.15, 0.2) is 78.9 Å². The Bertz CT molecular complexity index is 1180. The molecule has 2 amide bonds. The fraction of sp³-hybridized carbons (Fsp3) is 0.333. The molecule has 0 aromatic heterocycles. The van der Waals surface area contributed by atoms with Gasteiger partial charge < -0.3 is 19.7 Å². The number of carbonyl (C=O) groups is 2. The van der Waals surface area contributed by atoms with Gasteiger partial charge in [0.1, 0.15) is 17.5 Å². The van der Waals surface area contributed by atoms with Gasteiger partial charge in [-0.05, 0) is 48.2 Å². The average Bonchev–Trinajstić information content (AvgIpc) is 3.43. The second-order valence-corrected chi connectivity index (χ2v) is 9.69. The number of ether oxygens (including phenoxy) is 2. The molecule has 3 aromatic rings. The summed E-state index contributed by atoms with van der Waals surface area (Å²) in [6.45, 7) is -0.00674. The van der Waals surface area contributed by atoms with E-state index in [1.54, 1.807) is 36.3 Å². The van der Waals surface area contributed by atoms with Crippen molar-refractivity contribution in [2.45, 2.75) is 50.7 Å². The summed E-state index contributed by atoms with van der Waals surface area (Å²) in [5.74, 6) is 0.663. The number of hydrogen-bond donors (Lipinski definition) is 1. The number of para-hydroxylation sites is 1. The minimum atomic E-state index is -0.712. The topological polar surface area (TPSA) is 67.9 Å². The number of nitrogens with one attached hydrogen (secondary N) is 1. The van der Waals surface area contributed by atoms with Crippen molar-refractivity contribution in [3.05, 3.63) is 95.0 Å². The lowest BCUT2D eigenvalue weighted by Crippen LogP contribution is -2.53. The first-order valence-corrected chi connectivity index (χ1v) is 13.1. The highest BCUT2D eigenvalue weighted by Crippen LogP contribution is 2.24. The Morgan fingerprint density at radius 2 is 1.68 bits per heavy atom. The van der Waals surface area contributed by atoms with Crippen LogP contribution in [0, 0.1) is 0 Å². The molecule has 4 rings (SSSR count). The number of hydrogen-bond acceptors (Lipinski definition) is 4. The number of methoxy groups -OCH3 is 1. The Morgan fingerprint density at radius 3 is 2.41 bits per heavy atom. The average molecular weight is 521 g/mol. The summed E-state index contributed by atoms with van der Waals surface area (Å²) < 4.78 is 11.2. The summed E-state index contributed by atoms with van der Waals surface area (Å²) in [6, 6.07) is 23.8. The van der Waals surface area contributed by atoms with Gasteiger partial charge in [-0.3, -0.25) is 9.59 Å². The monoisotopic (exact) mass is 520 g/mol. The first-order chi connectivity index (χ1) is 18.0. The fourth-order valence-electron chi connectivity index (χ4n) is 4.67. The molecular weight excluding hydrogens is 488 g/mol. The highest BCUT2D eigenvalue weighted by Gasteiger charge is 2.32. The first kappa shape index (κ1) is 26.6. The van der Waals surface area contributed by atoms with E-state index >= 15 is 0 Å². The van der Waals surface area contributed by atoms with E-state index in [-0.39, 0.29) is 31.0 Å². The van der Waals surface area contributed by atoms with Crippen LogP contribution in [-0.2, 0) is 22.6 Å². The van der Waals surface area contributed by atoms with Crippen molar-refractivity contribution < 1.29 is 19.1 Å². The number of nitrogens with zero attached hydrogens (tertiary/aromatic N) is 1. The van der Waals surface area contributed by atoms with Gasteiger partial charge in [0, 0.05) is 19.0 Å². The third-order valence-electron chi connectivity index (χ3n) is 6.65. The van der Waals surface area contributed by atoms with E-state index < -0.39 is 6.04 Å². The number of benzene rings is 3. The third kappa shape index (κ3) is 7.49. The van der Waals surface area contributed by atoms with Crippen LogP contribution in [0.25, 0.3) is 0 Å². The zero-order valence-electron chi connectivity index (χ0n) is 21.1. The SMILES string of the molecule is COc1cccc(CN(C(=O)COc2ccccc2Cl)[C@H](Cc2ccccc2)C(=O)NC2CCCC2)c1. The maximum Gasteiger partial charge on any atom is 0.261 e. The van der Waals surface area contributed by atoms with Gasteiger partial charge in [0.2, 0.25) is 5.91 Å². The molecule has 0 bridgehead atoms. The maximum atomic E-state index is 13.7. The molecule has 0 heterocycles. The summed E-state index contributed by atoms with van der Waals surface area (Å²) in [7, 11) is 1.60. The van der Waals surface area contributed by atoms with Crippen LogP contribution in [0.4, 0.5) is 0 Å². The van der Waals surface area contributed by atoms with Crippen LogP contribution in [0.1, 0.15) is 36.8 Å². The molecule has 1 aliphatic rings. The predicted molar refractivity (Wildman–Crippen MR) is 145 cm³/mol. The van der Waals surface area contributed by atoms with Gasteiger partial charge in [0.15, 0.2) is 6.61 Å². The first-order valence-electron chi connectivity index (χ1n) is 12.7. The number of amides is 2. The zero-order chi connectivity index (χ0) is 26.0. The summed E-state index contributed by atoms with van der Waals surface area (Å²) in [4.78, 5) is 29.0. The van der Waals surface area contributed by atoms with Crippen LogP contribution < -0.4 is 14.8 Å². The van der Waals surface area contributed by atoms with Gasteiger partial charge in [-0.15, -0.1) is 0 Å². The molecular formula is C30H33ClN2O4. The second kappa shape index (κ2) is 13.2. The lowest BCUT2D eigenvalue weighted by Gasteiger charge is -2.32. The van der Waals surface area contributed by atoms with E-state index in [2.05, 4.69) is 5.32 Å². The molecule has 0 aliphatic heterocycles. The van der Waals surface area contributed by atoms with E-state index in [0.717, 1.165) is 36.8 Å². The van der Waals surface area contributed by atoms with E-state index in [9.17, 15) is 9.59 Å². The molecule has 194 valence electrons. The molecule has 1 aliphatic carbocycles. The molecule has 37 heavy (non-hydrogen) atoms. The van der Waals surface area contributed by atoms with Crippen molar-refractivity contribution in [3.8, 4) is 11.5 Å². The Hall–Kier alpha value is -3.51. The van der Waals surface area contributed by atoms with Gasteiger partial charge in [0.05, 0.1) is 12.1 Å². The molecule has 0 radical (unpaired) electrons. The highest BCUT2D eigenvalue weighted by atomic mass is 35.5. The van der Waals surface area contributed by atoms with Crippen molar-refractivity contribution in [1.29, 1.82) is 0 Å². The normalized spacial score (nSPS) is 14.1. The fourth-order valence-corrected chi connectivity index (χ4v) is 4.86. The van der Waals surface area contributed by atoms with E-state index in [1.807, 2.05) is 54.6 Å². The van der Waals surface area contributed by atoms with Gasteiger partial charge in [0.25, 0.3) is 5.91 Å². The summed E-state index contributed by atoms with van der Waals surface area (Å²) in [6.07, 6.45) is 4.52. The molecule has 1 N–H and O–H groups in total. The largest absolute Gasteiger partial charge is 0.497 e. The van der Waals surface area contributed by atoms with Crippen LogP contribution in [0.2, 0.25) is 5.02 Å². The molecule has 0 saturated heterocycles. The molecule has 6 nitrogen and oxygen atoms in total. The Balaban J connectivity index is 1.63. The van der Waals surface area contributed by atoms with Crippen molar-refractivity contribution in [2.24, 2.45) is 0 Å². The van der Waals surface area contributed by atoms with E-state index in [1.165, 1.54) is 0 Å². The Kier molecular flexibility index (Phi) is 9.44. The van der Waals surface area contributed by atoms with Crippen LogP contribution in [0.5, 0.6) is 11.5 Å². The smallest absolute Gasteiger partial charge is 0.261 e. The molecule has 0 unspecified atom stereocenters. The molecule has 1 saturated carbocycles. The van der Waals surface area contributed by atoms with Gasteiger partial charge in [-0.25, -0.2) is 0 Å². The van der Waals surface area contributed by atoms with Crippen LogP contribution >= 0.6 is 11.6 Å². The quantitative estimate of drug-likeness (QED) is 0.366. The number of rotatable bonds is 11. The minimum absolute atomic E-state index is 0.138.